The van der Waals surface area contributed by atoms with Gasteiger partial charge in [-0.15, -0.1) is 0 Å². The molecule has 0 bridgehead atoms. The van der Waals surface area contributed by atoms with Gasteiger partial charge in [-0.1, -0.05) is 24.6 Å². The number of carbonyl (C=O) groups excluding carboxylic acids is 1. The van der Waals surface area contributed by atoms with E-state index in [9.17, 15) is 9.18 Å². The smallest absolute Gasteiger partial charge is 0.259 e. The fourth-order valence-electron chi connectivity index (χ4n) is 1.80. The molecule has 2 rings (SSSR count). The molecule has 0 aliphatic heterocycles. The predicted molar refractivity (Wildman–Crippen MR) is 82.4 cm³/mol. The third-order valence-electron chi connectivity index (χ3n) is 2.80. The molecule has 0 aliphatic rings. The summed E-state index contributed by atoms with van der Waals surface area (Å²) in [5, 5.41) is 5.83. The van der Waals surface area contributed by atoms with Crippen molar-refractivity contribution < 1.29 is 9.18 Å². The van der Waals surface area contributed by atoms with Gasteiger partial charge in [-0.25, -0.2) is 9.37 Å². The maximum Gasteiger partial charge on any atom is 0.259 e. The highest BCUT2D eigenvalue weighted by molar-refractivity contribution is 6.33. The number of nitrogens with one attached hydrogen (secondary N) is 2. The summed E-state index contributed by atoms with van der Waals surface area (Å²) in [5.74, 6) is -0.688. The molecule has 6 heteroatoms. The highest BCUT2D eigenvalue weighted by Gasteiger charge is 2.16. The van der Waals surface area contributed by atoms with Crippen LogP contribution in [0.4, 0.5) is 15.9 Å². The minimum Gasteiger partial charge on any atom is -0.382 e. The molecule has 4 nitrogen and oxygen atoms in total. The number of para-hydroxylation sites is 1. The van der Waals surface area contributed by atoms with Crippen LogP contribution in [0.1, 0.15) is 23.7 Å². The van der Waals surface area contributed by atoms with Crippen LogP contribution in [0.3, 0.4) is 0 Å². The zero-order valence-corrected chi connectivity index (χ0v) is 12.2. The van der Waals surface area contributed by atoms with E-state index in [1.165, 1.54) is 18.3 Å². The number of rotatable bonds is 5. The van der Waals surface area contributed by atoms with Gasteiger partial charge in [0.25, 0.3) is 5.91 Å². The Balaban J connectivity index is 2.27. The topological polar surface area (TPSA) is 54.0 Å². The lowest BCUT2D eigenvalue weighted by Crippen LogP contribution is -2.17. The van der Waals surface area contributed by atoms with Crippen molar-refractivity contribution in [1.29, 1.82) is 0 Å². The summed E-state index contributed by atoms with van der Waals surface area (Å²) in [6.45, 7) is 2.53. The van der Waals surface area contributed by atoms with E-state index >= 15 is 0 Å². The van der Waals surface area contributed by atoms with Crippen molar-refractivity contribution in [2.75, 3.05) is 17.2 Å². The number of anilines is 2. The maximum atomic E-state index is 13.9. The molecule has 0 unspecified atom stereocenters. The zero-order valence-electron chi connectivity index (χ0n) is 11.5. The van der Waals surface area contributed by atoms with Crippen molar-refractivity contribution in [3.05, 3.63) is 52.9 Å². The Morgan fingerprint density at radius 1 is 1.33 bits per heavy atom. The van der Waals surface area contributed by atoms with Crippen molar-refractivity contribution in [1.82, 2.24) is 4.98 Å². The normalized spacial score (nSPS) is 10.2. The Kier molecular flexibility index (Phi) is 5.11. The molecule has 0 aliphatic carbocycles. The second-order valence-corrected chi connectivity index (χ2v) is 4.78. The molecule has 1 aromatic carbocycles. The fourth-order valence-corrected chi connectivity index (χ4v) is 1.96. The molecule has 0 atom stereocenters. The molecule has 0 radical (unpaired) electrons. The molecule has 2 N–H and O–H groups in total. The molecular formula is C15H15ClFN3O. The number of carbonyl (C=O) groups is 1. The molecule has 21 heavy (non-hydrogen) atoms. The van der Waals surface area contributed by atoms with Gasteiger partial charge in [0.05, 0.1) is 16.3 Å². The van der Waals surface area contributed by atoms with Gasteiger partial charge in [-0.3, -0.25) is 4.79 Å². The SMILES string of the molecule is CCCNc1c(F)cccc1C(=O)Nc1ncccc1Cl. The van der Waals surface area contributed by atoms with Crippen molar-refractivity contribution >= 4 is 29.0 Å². The van der Waals surface area contributed by atoms with Gasteiger partial charge < -0.3 is 10.6 Å². The number of halogens is 2. The van der Waals surface area contributed by atoms with E-state index in [-0.39, 0.29) is 17.1 Å². The lowest BCUT2D eigenvalue weighted by Gasteiger charge is -2.12. The van der Waals surface area contributed by atoms with E-state index in [0.717, 1.165) is 6.42 Å². The Labute approximate surface area is 127 Å². The van der Waals surface area contributed by atoms with Crippen LogP contribution in [0, 0.1) is 5.82 Å². The van der Waals surface area contributed by atoms with Crippen molar-refractivity contribution in [3.63, 3.8) is 0 Å². The van der Waals surface area contributed by atoms with E-state index in [4.69, 9.17) is 11.6 Å². The summed E-state index contributed by atoms with van der Waals surface area (Å²) in [4.78, 5) is 16.3. The van der Waals surface area contributed by atoms with E-state index in [2.05, 4.69) is 15.6 Å². The minimum absolute atomic E-state index is 0.184. The quantitative estimate of drug-likeness (QED) is 0.879. The second kappa shape index (κ2) is 7.04. The van der Waals surface area contributed by atoms with Gasteiger partial charge in [0, 0.05) is 12.7 Å². The molecule has 2 aromatic rings. The number of amides is 1. The van der Waals surface area contributed by atoms with Crippen LogP contribution >= 0.6 is 11.6 Å². The number of hydrogen-bond donors (Lipinski definition) is 2. The minimum atomic E-state index is -0.469. The largest absolute Gasteiger partial charge is 0.382 e. The van der Waals surface area contributed by atoms with Gasteiger partial charge >= 0.3 is 0 Å². The molecule has 0 fully saturated rings. The summed E-state index contributed by atoms with van der Waals surface area (Å²) in [5.41, 5.74) is 0.397. The molecule has 1 amide bonds. The first-order valence-corrected chi connectivity index (χ1v) is 6.95. The Morgan fingerprint density at radius 3 is 2.86 bits per heavy atom. The molecule has 0 saturated heterocycles. The van der Waals surface area contributed by atoms with Crippen LogP contribution in [0.25, 0.3) is 0 Å². The number of hydrogen-bond acceptors (Lipinski definition) is 3. The Bertz CT molecular complexity index is 649. The highest BCUT2D eigenvalue weighted by Crippen LogP contribution is 2.23. The molecule has 1 heterocycles. The first kappa shape index (κ1) is 15.3. The van der Waals surface area contributed by atoms with E-state index in [1.807, 2.05) is 6.92 Å². The van der Waals surface area contributed by atoms with Crippen molar-refractivity contribution in [2.45, 2.75) is 13.3 Å². The lowest BCUT2D eigenvalue weighted by molar-refractivity contribution is 0.102. The highest BCUT2D eigenvalue weighted by atomic mass is 35.5. The zero-order chi connectivity index (χ0) is 15.2. The number of pyridine rings is 1. The van der Waals surface area contributed by atoms with Gasteiger partial charge in [0.2, 0.25) is 0 Å². The molecule has 1 aromatic heterocycles. The average molecular weight is 308 g/mol. The number of aromatic nitrogens is 1. The summed E-state index contributed by atoms with van der Waals surface area (Å²) >= 11 is 5.94. The summed E-state index contributed by atoms with van der Waals surface area (Å²) in [7, 11) is 0. The number of nitrogens with zero attached hydrogens (tertiary/aromatic N) is 1. The van der Waals surface area contributed by atoms with Crippen molar-refractivity contribution in [3.8, 4) is 0 Å². The first-order valence-electron chi connectivity index (χ1n) is 6.57. The van der Waals surface area contributed by atoms with Crippen molar-refractivity contribution in [2.24, 2.45) is 0 Å². The molecule has 0 spiro atoms. The Hall–Kier alpha value is -2.14. The Morgan fingerprint density at radius 2 is 2.14 bits per heavy atom. The van der Waals surface area contributed by atoms with Gasteiger partial charge in [-0.2, -0.15) is 0 Å². The first-order chi connectivity index (χ1) is 10.1. The molecule has 110 valence electrons. The maximum absolute atomic E-state index is 13.9. The van der Waals surface area contributed by atoms with Gasteiger partial charge in [0.1, 0.15) is 5.82 Å². The van der Waals surface area contributed by atoms with Gasteiger partial charge in [0.15, 0.2) is 5.82 Å². The summed E-state index contributed by atoms with van der Waals surface area (Å²) in [6, 6.07) is 7.62. The van der Waals surface area contributed by atoms with Crippen LogP contribution in [0.5, 0.6) is 0 Å². The van der Waals surface area contributed by atoms with E-state index in [1.54, 1.807) is 18.2 Å². The van der Waals surface area contributed by atoms with Crippen LogP contribution in [-0.2, 0) is 0 Å². The van der Waals surface area contributed by atoms with Crippen LogP contribution in [-0.4, -0.2) is 17.4 Å². The third kappa shape index (κ3) is 3.70. The second-order valence-electron chi connectivity index (χ2n) is 4.38. The average Bonchev–Trinajstić information content (AvgIpc) is 2.48. The van der Waals surface area contributed by atoms with E-state index in [0.29, 0.717) is 11.6 Å². The predicted octanol–water partition coefficient (Wildman–Crippen LogP) is 3.95. The van der Waals surface area contributed by atoms with Gasteiger partial charge in [-0.05, 0) is 30.7 Å². The van der Waals surface area contributed by atoms with Crippen LogP contribution in [0.15, 0.2) is 36.5 Å². The monoisotopic (exact) mass is 307 g/mol. The lowest BCUT2D eigenvalue weighted by atomic mass is 10.1. The van der Waals surface area contributed by atoms with Crippen LogP contribution < -0.4 is 10.6 Å². The van der Waals surface area contributed by atoms with E-state index < -0.39 is 11.7 Å². The third-order valence-corrected chi connectivity index (χ3v) is 3.11. The number of benzene rings is 1. The summed E-state index contributed by atoms with van der Waals surface area (Å²) in [6.07, 6.45) is 2.34. The molecular weight excluding hydrogens is 293 g/mol. The standard InChI is InChI=1S/C15H15ClFN3O/c1-2-8-18-13-10(5-3-7-12(13)17)15(21)20-14-11(16)6-4-9-19-14/h3-7,9,18H,2,8H2,1H3,(H,19,20,21). The molecule has 0 saturated carbocycles. The van der Waals surface area contributed by atoms with Crippen LogP contribution in [0.2, 0.25) is 5.02 Å². The fraction of sp³-hybridized carbons (Fsp3) is 0.200. The summed E-state index contributed by atoms with van der Waals surface area (Å²) < 4.78 is 13.9.